The third-order valence-corrected chi connectivity index (χ3v) is 7.47. The number of hydrogen-bond donors (Lipinski definition) is 1. The first-order chi connectivity index (χ1) is 15.3. The highest BCUT2D eigenvalue weighted by Gasteiger charge is 2.42. The molecule has 32 heavy (non-hydrogen) atoms. The van der Waals surface area contributed by atoms with Crippen LogP contribution in [0.3, 0.4) is 0 Å². The lowest BCUT2D eigenvalue weighted by Gasteiger charge is -2.39. The van der Waals surface area contributed by atoms with Crippen molar-refractivity contribution in [3.8, 4) is 0 Å². The Morgan fingerprint density at radius 3 is 2.66 bits per heavy atom. The number of imidazole rings is 1. The molecule has 1 fully saturated rings. The highest BCUT2D eigenvalue weighted by atomic mass is 19.1. The van der Waals surface area contributed by atoms with Crippen LogP contribution < -0.4 is 0 Å². The van der Waals surface area contributed by atoms with Gasteiger partial charge in [-0.05, 0) is 112 Å². The number of allylic oxidation sites excluding steroid dienone is 3. The first kappa shape index (κ1) is 21.0. The lowest BCUT2D eigenvalue weighted by Crippen LogP contribution is -2.40. The fourth-order valence-corrected chi connectivity index (χ4v) is 5.35. The summed E-state index contributed by atoms with van der Waals surface area (Å²) in [6.07, 6.45) is 9.18. The molecule has 2 atom stereocenters. The van der Waals surface area contributed by atoms with Crippen molar-refractivity contribution in [1.29, 1.82) is 0 Å². The Hall–Kier alpha value is -2.88. The van der Waals surface area contributed by atoms with Crippen molar-refractivity contribution in [2.24, 2.45) is 0 Å². The molecule has 1 N–H and O–H groups in total. The molecule has 0 saturated carbocycles. The molecule has 5 rings (SSSR count). The molecule has 1 unspecified atom stereocenters. The minimum atomic E-state index is -0.210. The molecule has 2 aliphatic rings. The number of fused-ring (bicyclic) bond motifs is 1. The van der Waals surface area contributed by atoms with Gasteiger partial charge in [-0.1, -0.05) is 12.1 Å². The summed E-state index contributed by atoms with van der Waals surface area (Å²) in [7, 11) is 0. The van der Waals surface area contributed by atoms with E-state index in [-0.39, 0.29) is 17.3 Å². The van der Waals surface area contributed by atoms with E-state index in [9.17, 15) is 4.39 Å². The van der Waals surface area contributed by atoms with Gasteiger partial charge in [-0.25, -0.2) is 9.37 Å². The molecule has 0 bridgehead atoms. The van der Waals surface area contributed by atoms with Crippen molar-refractivity contribution >= 4 is 11.0 Å². The molecule has 1 aliphatic heterocycles. The fourth-order valence-electron chi connectivity index (χ4n) is 5.35. The quantitative estimate of drug-likeness (QED) is 0.500. The molecule has 0 spiro atoms. The van der Waals surface area contributed by atoms with E-state index < -0.39 is 0 Å². The van der Waals surface area contributed by atoms with Gasteiger partial charge in [0.1, 0.15) is 11.6 Å². The number of aromatic amines is 1. The Labute approximate surface area is 190 Å². The van der Waals surface area contributed by atoms with E-state index in [1.165, 1.54) is 16.7 Å². The number of aryl methyl sites for hydroxylation is 3. The normalized spacial score (nSPS) is 23.6. The summed E-state index contributed by atoms with van der Waals surface area (Å²) < 4.78 is 13.7. The van der Waals surface area contributed by atoms with Gasteiger partial charge in [0.25, 0.3) is 0 Å². The SMILES string of the molecule is CC1=CCC(c2ccc(F)cc2C)[C]=C1N1CCC[C@@]1(C)c1nc2cc(C)c(C)cc2[nH]1. The minimum Gasteiger partial charge on any atom is -0.358 e. The Balaban J connectivity index is 1.55. The van der Waals surface area contributed by atoms with Gasteiger partial charge in [0.2, 0.25) is 0 Å². The molecule has 4 heteroatoms. The van der Waals surface area contributed by atoms with Crippen molar-refractivity contribution in [1.82, 2.24) is 14.9 Å². The van der Waals surface area contributed by atoms with Crippen molar-refractivity contribution in [3.05, 3.63) is 87.6 Å². The molecule has 165 valence electrons. The van der Waals surface area contributed by atoms with E-state index in [1.807, 2.05) is 13.0 Å². The smallest absolute Gasteiger partial charge is 0.132 e. The number of nitrogens with zero attached hydrogens (tertiary/aromatic N) is 2. The zero-order chi connectivity index (χ0) is 22.6. The van der Waals surface area contributed by atoms with Crippen LogP contribution in [0, 0.1) is 32.7 Å². The van der Waals surface area contributed by atoms with E-state index in [4.69, 9.17) is 4.98 Å². The van der Waals surface area contributed by atoms with E-state index in [0.29, 0.717) is 0 Å². The first-order valence-electron chi connectivity index (χ1n) is 11.6. The summed E-state index contributed by atoms with van der Waals surface area (Å²) in [6, 6.07) is 9.49. The maximum Gasteiger partial charge on any atom is 0.132 e. The zero-order valence-electron chi connectivity index (χ0n) is 19.6. The number of aromatic nitrogens is 2. The second kappa shape index (κ2) is 7.61. The lowest BCUT2D eigenvalue weighted by molar-refractivity contribution is 0.197. The van der Waals surface area contributed by atoms with Gasteiger partial charge in [-0.15, -0.1) is 0 Å². The van der Waals surface area contributed by atoms with Gasteiger partial charge < -0.3 is 9.88 Å². The summed E-state index contributed by atoms with van der Waals surface area (Å²) in [4.78, 5) is 11.2. The van der Waals surface area contributed by atoms with Crippen molar-refractivity contribution in [3.63, 3.8) is 0 Å². The molecule has 0 amide bonds. The molecule has 2 heterocycles. The van der Waals surface area contributed by atoms with Crippen LogP contribution in [0.15, 0.2) is 47.7 Å². The standard InChI is InChI=1S/C28H31FN3/c1-17-7-8-21(23-10-9-22(29)13-20(23)4)16-26(17)32-12-6-11-28(32,5)27-30-24-14-18(2)19(3)15-25(24)31-27/h7,9-10,13-15,21H,6,8,11-12H2,1-5H3,(H,30,31)/t21?,28-/m0/s1. The van der Waals surface area contributed by atoms with E-state index >= 15 is 0 Å². The van der Waals surface area contributed by atoms with Gasteiger partial charge in [-0.3, -0.25) is 0 Å². The number of nitrogens with one attached hydrogen (secondary N) is 1. The van der Waals surface area contributed by atoms with Gasteiger partial charge in [0.05, 0.1) is 16.6 Å². The highest BCUT2D eigenvalue weighted by Crippen LogP contribution is 2.44. The van der Waals surface area contributed by atoms with Crippen molar-refractivity contribution < 1.29 is 4.39 Å². The van der Waals surface area contributed by atoms with Crippen LogP contribution in [0.25, 0.3) is 11.0 Å². The number of likely N-dealkylation sites (tertiary alicyclic amines) is 1. The van der Waals surface area contributed by atoms with Crippen LogP contribution in [0.1, 0.15) is 67.1 Å². The predicted octanol–water partition coefficient (Wildman–Crippen LogP) is 6.76. The van der Waals surface area contributed by atoms with Crippen LogP contribution in [0.5, 0.6) is 0 Å². The molecule has 1 radical (unpaired) electrons. The summed E-state index contributed by atoms with van der Waals surface area (Å²) >= 11 is 0. The van der Waals surface area contributed by atoms with Crippen LogP contribution in [0.2, 0.25) is 0 Å². The average molecular weight is 429 g/mol. The maximum absolute atomic E-state index is 13.7. The number of halogens is 1. The Kier molecular flexibility index (Phi) is 4.99. The van der Waals surface area contributed by atoms with Crippen molar-refractivity contribution in [2.75, 3.05) is 6.54 Å². The maximum atomic E-state index is 13.7. The van der Waals surface area contributed by atoms with Crippen LogP contribution in [0.4, 0.5) is 4.39 Å². The first-order valence-corrected chi connectivity index (χ1v) is 11.6. The van der Waals surface area contributed by atoms with Crippen LogP contribution >= 0.6 is 0 Å². The van der Waals surface area contributed by atoms with Gasteiger partial charge in [0, 0.05) is 18.2 Å². The van der Waals surface area contributed by atoms with Crippen LogP contribution in [-0.4, -0.2) is 21.4 Å². The van der Waals surface area contributed by atoms with E-state index in [1.54, 1.807) is 12.1 Å². The number of rotatable bonds is 3. The number of hydrogen-bond acceptors (Lipinski definition) is 2. The summed E-state index contributed by atoms with van der Waals surface area (Å²) in [6.45, 7) is 11.7. The molecular weight excluding hydrogens is 397 g/mol. The van der Waals surface area contributed by atoms with Crippen molar-refractivity contribution in [2.45, 2.75) is 65.3 Å². The second-order valence-electron chi connectivity index (χ2n) is 9.74. The Morgan fingerprint density at radius 1 is 1.09 bits per heavy atom. The molecule has 3 aromatic rings. The number of benzene rings is 2. The third kappa shape index (κ3) is 3.37. The third-order valence-electron chi connectivity index (χ3n) is 7.47. The lowest BCUT2D eigenvalue weighted by atomic mass is 9.85. The second-order valence-corrected chi connectivity index (χ2v) is 9.74. The average Bonchev–Trinajstić information content (AvgIpc) is 3.33. The molecule has 1 aliphatic carbocycles. The van der Waals surface area contributed by atoms with Crippen LogP contribution in [-0.2, 0) is 5.54 Å². The highest BCUT2D eigenvalue weighted by molar-refractivity contribution is 5.77. The fraction of sp³-hybridized carbons (Fsp3) is 0.393. The van der Waals surface area contributed by atoms with Gasteiger partial charge in [0.15, 0.2) is 0 Å². The predicted molar refractivity (Wildman–Crippen MR) is 128 cm³/mol. The molecular formula is C28H31FN3. The minimum absolute atomic E-state index is 0.139. The summed E-state index contributed by atoms with van der Waals surface area (Å²) in [5, 5.41) is 0. The monoisotopic (exact) mass is 428 g/mol. The molecule has 3 nitrogen and oxygen atoms in total. The summed E-state index contributed by atoms with van der Waals surface area (Å²) in [5.74, 6) is 0.984. The topological polar surface area (TPSA) is 31.9 Å². The van der Waals surface area contributed by atoms with Gasteiger partial charge >= 0.3 is 0 Å². The molecule has 2 aromatic carbocycles. The van der Waals surface area contributed by atoms with E-state index in [0.717, 1.165) is 59.5 Å². The largest absolute Gasteiger partial charge is 0.358 e. The zero-order valence-corrected chi connectivity index (χ0v) is 19.6. The van der Waals surface area contributed by atoms with Gasteiger partial charge in [-0.2, -0.15) is 0 Å². The van der Waals surface area contributed by atoms with E-state index in [2.05, 4.69) is 61.9 Å². The Morgan fingerprint density at radius 2 is 1.88 bits per heavy atom. The molecule has 1 saturated heterocycles. The Bertz CT molecular complexity index is 1230. The summed E-state index contributed by atoms with van der Waals surface area (Å²) in [5.41, 5.74) is 9.04. The number of H-pyrrole nitrogens is 1. The molecule has 1 aromatic heterocycles.